The number of likely N-dealkylation sites (N-methyl/N-ethyl adjacent to an activating group) is 1. The molecule has 0 saturated heterocycles. The van der Waals surface area contributed by atoms with Crippen LogP contribution in [0.2, 0.25) is 0 Å². The molecule has 13 heavy (non-hydrogen) atoms. The SMILES string of the molecule is CNC(CSC(C)C)C1=CCCO1. The van der Waals surface area contributed by atoms with E-state index in [-0.39, 0.29) is 0 Å². The second kappa shape index (κ2) is 5.55. The molecule has 3 heteroatoms. The number of ether oxygens (including phenoxy) is 1. The number of rotatable bonds is 5. The molecule has 1 rings (SSSR count). The van der Waals surface area contributed by atoms with Crippen molar-refractivity contribution in [3.05, 3.63) is 11.8 Å². The molecule has 0 spiro atoms. The largest absolute Gasteiger partial charge is 0.496 e. The third-order valence-corrected chi connectivity index (χ3v) is 3.21. The maximum atomic E-state index is 5.52. The van der Waals surface area contributed by atoms with Crippen molar-refractivity contribution in [2.75, 3.05) is 19.4 Å². The van der Waals surface area contributed by atoms with Gasteiger partial charge in [0, 0.05) is 12.2 Å². The van der Waals surface area contributed by atoms with Crippen LogP contribution in [-0.4, -0.2) is 30.7 Å². The van der Waals surface area contributed by atoms with E-state index < -0.39 is 0 Å². The molecule has 0 aromatic carbocycles. The summed E-state index contributed by atoms with van der Waals surface area (Å²) < 4.78 is 5.52. The van der Waals surface area contributed by atoms with Gasteiger partial charge in [-0.15, -0.1) is 0 Å². The van der Waals surface area contributed by atoms with Crippen LogP contribution in [0.3, 0.4) is 0 Å². The van der Waals surface area contributed by atoms with Crippen LogP contribution in [0.15, 0.2) is 11.8 Å². The molecule has 0 aliphatic carbocycles. The summed E-state index contributed by atoms with van der Waals surface area (Å²) in [6, 6.07) is 0.398. The van der Waals surface area contributed by atoms with Gasteiger partial charge in [0.15, 0.2) is 0 Å². The van der Waals surface area contributed by atoms with Gasteiger partial charge >= 0.3 is 0 Å². The fraction of sp³-hybridized carbons (Fsp3) is 0.800. The fourth-order valence-corrected chi connectivity index (χ4v) is 2.18. The summed E-state index contributed by atoms with van der Waals surface area (Å²) in [5.41, 5.74) is 0. The highest BCUT2D eigenvalue weighted by atomic mass is 32.2. The van der Waals surface area contributed by atoms with Crippen molar-refractivity contribution >= 4 is 11.8 Å². The van der Waals surface area contributed by atoms with E-state index in [0.717, 1.165) is 24.5 Å². The number of hydrogen-bond acceptors (Lipinski definition) is 3. The minimum Gasteiger partial charge on any atom is -0.496 e. The van der Waals surface area contributed by atoms with Crippen molar-refractivity contribution in [2.24, 2.45) is 0 Å². The average Bonchev–Trinajstić information content (AvgIpc) is 2.58. The minimum atomic E-state index is 0.398. The van der Waals surface area contributed by atoms with Crippen LogP contribution in [0.25, 0.3) is 0 Å². The van der Waals surface area contributed by atoms with Crippen molar-refractivity contribution in [1.29, 1.82) is 0 Å². The molecule has 0 bridgehead atoms. The second-order valence-corrected chi connectivity index (χ2v) is 5.08. The van der Waals surface area contributed by atoms with E-state index in [2.05, 4.69) is 25.2 Å². The van der Waals surface area contributed by atoms with E-state index >= 15 is 0 Å². The van der Waals surface area contributed by atoms with Gasteiger partial charge < -0.3 is 10.1 Å². The summed E-state index contributed by atoms with van der Waals surface area (Å²) in [4.78, 5) is 0. The van der Waals surface area contributed by atoms with Gasteiger partial charge in [0.25, 0.3) is 0 Å². The van der Waals surface area contributed by atoms with Gasteiger partial charge in [-0.2, -0.15) is 11.8 Å². The molecule has 0 aromatic rings. The van der Waals surface area contributed by atoms with Gasteiger partial charge in [-0.25, -0.2) is 0 Å². The first kappa shape index (κ1) is 10.9. The molecule has 0 aromatic heterocycles. The van der Waals surface area contributed by atoms with Crippen LogP contribution < -0.4 is 5.32 Å². The smallest absolute Gasteiger partial charge is 0.110 e. The van der Waals surface area contributed by atoms with Crippen LogP contribution in [0.1, 0.15) is 20.3 Å². The van der Waals surface area contributed by atoms with Crippen LogP contribution >= 0.6 is 11.8 Å². The molecule has 1 N–H and O–H groups in total. The maximum Gasteiger partial charge on any atom is 0.110 e. The Morgan fingerprint density at radius 3 is 2.85 bits per heavy atom. The predicted molar refractivity (Wildman–Crippen MR) is 59.1 cm³/mol. The first-order chi connectivity index (χ1) is 6.24. The van der Waals surface area contributed by atoms with Gasteiger partial charge in [-0.3, -0.25) is 0 Å². The third kappa shape index (κ3) is 3.61. The molecule has 0 saturated carbocycles. The van der Waals surface area contributed by atoms with Gasteiger partial charge in [0.05, 0.1) is 12.6 Å². The first-order valence-electron chi connectivity index (χ1n) is 4.85. The molecular weight excluding hydrogens is 182 g/mol. The topological polar surface area (TPSA) is 21.3 Å². The monoisotopic (exact) mass is 201 g/mol. The lowest BCUT2D eigenvalue weighted by Gasteiger charge is -2.17. The van der Waals surface area contributed by atoms with E-state index in [0.29, 0.717) is 11.3 Å². The Kier molecular flexibility index (Phi) is 4.67. The van der Waals surface area contributed by atoms with Crippen molar-refractivity contribution in [3.63, 3.8) is 0 Å². The normalized spacial score (nSPS) is 18.6. The quantitative estimate of drug-likeness (QED) is 0.735. The summed E-state index contributed by atoms with van der Waals surface area (Å²) >= 11 is 1.97. The van der Waals surface area contributed by atoms with Crippen LogP contribution in [0.5, 0.6) is 0 Å². The molecule has 76 valence electrons. The van der Waals surface area contributed by atoms with Crippen molar-refractivity contribution < 1.29 is 4.74 Å². The van der Waals surface area contributed by atoms with E-state index in [1.54, 1.807) is 0 Å². The Morgan fingerprint density at radius 2 is 2.38 bits per heavy atom. The van der Waals surface area contributed by atoms with Gasteiger partial charge in [0.2, 0.25) is 0 Å². The average molecular weight is 201 g/mol. The van der Waals surface area contributed by atoms with E-state index in [1.165, 1.54) is 0 Å². The Hall–Kier alpha value is -0.150. The molecule has 1 atom stereocenters. The fourth-order valence-electron chi connectivity index (χ4n) is 1.28. The Labute approximate surface area is 85.1 Å². The van der Waals surface area contributed by atoms with E-state index in [9.17, 15) is 0 Å². The Bertz CT molecular complexity index is 180. The molecule has 1 aliphatic rings. The summed E-state index contributed by atoms with van der Waals surface area (Å²) in [7, 11) is 1.99. The molecule has 0 radical (unpaired) electrons. The summed E-state index contributed by atoms with van der Waals surface area (Å²) in [5, 5.41) is 3.98. The minimum absolute atomic E-state index is 0.398. The van der Waals surface area contributed by atoms with E-state index in [1.807, 2.05) is 18.8 Å². The molecule has 1 unspecified atom stereocenters. The molecule has 0 amide bonds. The standard InChI is InChI=1S/C10H19NOS/c1-8(2)13-7-9(11-3)10-5-4-6-12-10/h5,8-9,11H,4,6-7H2,1-3H3. The predicted octanol–water partition coefficient (Wildman–Crippen LogP) is 2.02. The van der Waals surface area contributed by atoms with Crippen molar-refractivity contribution in [1.82, 2.24) is 5.32 Å². The van der Waals surface area contributed by atoms with Crippen LogP contribution in [0.4, 0.5) is 0 Å². The second-order valence-electron chi connectivity index (χ2n) is 3.47. The van der Waals surface area contributed by atoms with Crippen molar-refractivity contribution in [2.45, 2.75) is 31.6 Å². The lowest BCUT2D eigenvalue weighted by atomic mass is 10.2. The molecule has 1 aliphatic heterocycles. The van der Waals surface area contributed by atoms with Crippen LogP contribution in [-0.2, 0) is 4.74 Å². The lowest BCUT2D eigenvalue weighted by Crippen LogP contribution is -2.30. The highest BCUT2D eigenvalue weighted by Crippen LogP contribution is 2.19. The van der Waals surface area contributed by atoms with Gasteiger partial charge in [0.1, 0.15) is 5.76 Å². The highest BCUT2D eigenvalue weighted by Gasteiger charge is 2.17. The zero-order valence-electron chi connectivity index (χ0n) is 8.67. The van der Waals surface area contributed by atoms with E-state index in [4.69, 9.17) is 4.74 Å². The van der Waals surface area contributed by atoms with Crippen LogP contribution in [0, 0.1) is 0 Å². The number of nitrogens with one attached hydrogen (secondary N) is 1. The molecular formula is C10H19NOS. The zero-order chi connectivity index (χ0) is 9.68. The molecule has 0 fully saturated rings. The maximum absolute atomic E-state index is 5.52. The summed E-state index contributed by atoms with van der Waals surface area (Å²) in [6.07, 6.45) is 3.27. The van der Waals surface area contributed by atoms with Gasteiger partial charge in [-0.05, 0) is 18.4 Å². The summed E-state index contributed by atoms with van der Waals surface area (Å²) in [6.45, 7) is 5.31. The number of thioether (sulfide) groups is 1. The molecule has 2 nitrogen and oxygen atoms in total. The Morgan fingerprint density at radius 1 is 1.62 bits per heavy atom. The Balaban J connectivity index is 2.33. The third-order valence-electron chi connectivity index (χ3n) is 2.02. The first-order valence-corrected chi connectivity index (χ1v) is 5.90. The zero-order valence-corrected chi connectivity index (χ0v) is 9.49. The van der Waals surface area contributed by atoms with Gasteiger partial charge in [-0.1, -0.05) is 13.8 Å². The van der Waals surface area contributed by atoms with Crippen molar-refractivity contribution in [3.8, 4) is 0 Å². The lowest BCUT2D eigenvalue weighted by molar-refractivity contribution is 0.222. The number of hydrogen-bond donors (Lipinski definition) is 1. The summed E-state index contributed by atoms with van der Waals surface area (Å²) in [5.74, 6) is 2.23. The molecule has 1 heterocycles. The highest BCUT2D eigenvalue weighted by molar-refractivity contribution is 7.99.